The van der Waals surface area contributed by atoms with E-state index in [0.29, 0.717) is 12.0 Å². The highest BCUT2D eigenvalue weighted by Crippen LogP contribution is 2.15. The first-order chi connectivity index (χ1) is 9.13. The third-order valence-electron chi connectivity index (χ3n) is 2.44. The second-order valence-electron chi connectivity index (χ2n) is 4.45. The summed E-state index contributed by atoms with van der Waals surface area (Å²) in [5.41, 5.74) is 1.50. The van der Waals surface area contributed by atoms with Gasteiger partial charge in [-0.05, 0) is 31.8 Å². The van der Waals surface area contributed by atoms with Crippen LogP contribution in [-0.4, -0.2) is 43.0 Å². The normalized spacial score (nSPS) is 10.4. The Labute approximate surface area is 119 Å². The molecule has 1 aromatic rings. The van der Waals surface area contributed by atoms with Gasteiger partial charge in [0.15, 0.2) is 0 Å². The molecule has 0 saturated carbocycles. The maximum absolute atomic E-state index is 13.5. The van der Waals surface area contributed by atoms with Gasteiger partial charge in [0.2, 0.25) is 0 Å². The van der Waals surface area contributed by atoms with Gasteiger partial charge in [0.25, 0.3) is 0 Å². The van der Waals surface area contributed by atoms with Gasteiger partial charge in [0.05, 0.1) is 12.2 Å². The van der Waals surface area contributed by atoms with Crippen molar-refractivity contribution in [3.05, 3.63) is 35.1 Å². The number of aliphatic hydroxyl groups is 1. The van der Waals surface area contributed by atoms with Crippen LogP contribution >= 0.6 is 11.8 Å². The molecule has 0 bridgehead atoms. The number of thioether (sulfide) groups is 1. The van der Waals surface area contributed by atoms with E-state index >= 15 is 0 Å². The predicted molar refractivity (Wildman–Crippen MR) is 79.7 cm³/mol. The highest BCUT2D eigenvalue weighted by atomic mass is 32.2. The Bertz CT molecular complexity index is 451. The van der Waals surface area contributed by atoms with Gasteiger partial charge < -0.3 is 10.0 Å². The van der Waals surface area contributed by atoms with Gasteiger partial charge in [-0.1, -0.05) is 17.9 Å². The Kier molecular flexibility index (Phi) is 7.57. The molecular formula is C15H20FNOS. The molecule has 1 rings (SSSR count). The Morgan fingerprint density at radius 3 is 2.84 bits per heavy atom. The molecule has 0 aliphatic carbocycles. The number of benzene rings is 1. The van der Waals surface area contributed by atoms with Crippen LogP contribution in [0.3, 0.4) is 0 Å². The Morgan fingerprint density at radius 1 is 1.37 bits per heavy atom. The topological polar surface area (TPSA) is 23.5 Å². The summed E-state index contributed by atoms with van der Waals surface area (Å²) >= 11 is 1.83. The van der Waals surface area contributed by atoms with Crippen molar-refractivity contribution in [2.75, 3.05) is 33.0 Å². The molecule has 0 unspecified atom stereocenters. The van der Waals surface area contributed by atoms with Gasteiger partial charge in [0, 0.05) is 24.5 Å². The molecule has 104 valence electrons. The van der Waals surface area contributed by atoms with Crippen LogP contribution in [0.2, 0.25) is 0 Å². The summed E-state index contributed by atoms with van der Waals surface area (Å²) in [6.45, 7) is 1.05. The maximum atomic E-state index is 13.5. The number of hydrogen-bond donors (Lipinski definition) is 1. The second-order valence-corrected chi connectivity index (χ2v) is 5.55. The summed E-state index contributed by atoms with van der Waals surface area (Å²) in [5.74, 6) is 7.13. The molecule has 0 aliphatic rings. The standard InChI is InChI=1S/C15H20FNOS/c1-17(2)8-10-19-12-13-6-7-15(16)14(11-13)5-3-4-9-18/h6-7,11,18H,4,8-10,12H2,1-2H3. The third kappa shape index (κ3) is 6.63. The average molecular weight is 281 g/mol. The van der Waals surface area contributed by atoms with Gasteiger partial charge >= 0.3 is 0 Å². The number of hydrogen-bond acceptors (Lipinski definition) is 3. The molecule has 0 amide bonds. The monoisotopic (exact) mass is 281 g/mol. The van der Waals surface area contributed by atoms with Crippen LogP contribution in [-0.2, 0) is 5.75 Å². The lowest BCUT2D eigenvalue weighted by molar-refractivity contribution is 0.305. The fourth-order valence-corrected chi connectivity index (χ4v) is 2.46. The van der Waals surface area contributed by atoms with Gasteiger partial charge in [-0.3, -0.25) is 0 Å². The molecule has 0 aromatic heterocycles. The first kappa shape index (κ1) is 16.0. The number of halogens is 1. The molecule has 0 radical (unpaired) electrons. The summed E-state index contributed by atoms with van der Waals surface area (Å²) in [7, 11) is 4.10. The first-order valence-electron chi connectivity index (χ1n) is 6.24. The van der Waals surface area contributed by atoms with Crippen LogP contribution in [0, 0.1) is 17.7 Å². The Hall–Kier alpha value is -1.02. The molecule has 4 heteroatoms. The minimum absolute atomic E-state index is 0.00863. The van der Waals surface area contributed by atoms with Crippen molar-refractivity contribution >= 4 is 11.8 Å². The van der Waals surface area contributed by atoms with Crippen LogP contribution < -0.4 is 0 Å². The number of rotatable bonds is 6. The summed E-state index contributed by atoms with van der Waals surface area (Å²) in [5, 5.41) is 8.65. The molecule has 0 atom stereocenters. The Morgan fingerprint density at radius 2 is 2.16 bits per heavy atom. The summed E-state index contributed by atoms with van der Waals surface area (Å²) in [4.78, 5) is 2.14. The van der Waals surface area contributed by atoms with E-state index in [1.54, 1.807) is 12.1 Å². The van der Waals surface area contributed by atoms with Crippen LogP contribution in [0.25, 0.3) is 0 Å². The van der Waals surface area contributed by atoms with E-state index in [4.69, 9.17) is 5.11 Å². The quantitative estimate of drug-likeness (QED) is 0.639. The fourth-order valence-electron chi connectivity index (χ4n) is 1.41. The van der Waals surface area contributed by atoms with Crippen LogP contribution in [0.1, 0.15) is 17.5 Å². The molecule has 0 spiro atoms. The lowest BCUT2D eigenvalue weighted by Crippen LogP contribution is -2.14. The van der Waals surface area contributed by atoms with Crippen molar-refractivity contribution in [3.63, 3.8) is 0 Å². The van der Waals surface area contributed by atoms with Crippen LogP contribution in [0.15, 0.2) is 18.2 Å². The van der Waals surface area contributed by atoms with Crippen molar-refractivity contribution in [1.29, 1.82) is 0 Å². The zero-order chi connectivity index (χ0) is 14.1. The third-order valence-corrected chi connectivity index (χ3v) is 3.45. The van der Waals surface area contributed by atoms with Crippen molar-refractivity contribution in [3.8, 4) is 11.8 Å². The molecule has 0 heterocycles. The lowest BCUT2D eigenvalue weighted by Gasteiger charge is -2.08. The largest absolute Gasteiger partial charge is 0.395 e. The number of aliphatic hydroxyl groups excluding tert-OH is 1. The summed E-state index contributed by atoms with van der Waals surface area (Å²) in [6.07, 6.45) is 0.376. The van der Waals surface area contributed by atoms with Gasteiger partial charge in [0.1, 0.15) is 5.82 Å². The van der Waals surface area contributed by atoms with E-state index in [9.17, 15) is 4.39 Å². The van der Waals surface area contributed by atoms with Crippen molar-refractivity contribution in [2.24, 2.45) is 0 Å². The molecule has 19 heavy (non-hydrogen) atoms. The highest BCUT2D eigenvalue weighted by molar-refractivity contribution is 7.98. The molecular weight excluding hydrogens is 261 g/mol. The average Bonchev–Trinajstić information content (AvgIpc) is 2.38. The molecule has 1 N–H and O–H groups in total. The van der Waals surface area contributed by atoms with Crippen molar-refractivity contribution < 1.29 is 9.50 Å². The first-order valence-corrected chi connectivity index (χ1v) is 7.39. The SMILES string of the molecule is CN(C)CCSCc1ccc(F)c(C#CCCO)c1. The molecule has 0 aliphatic heterocycles. The summed E-state index contributed by atoms with van der Waals surface area (Å²) < 4.78 is 13.5. The van der Waals surface area contributed by atoms with Gasteiger partial charge in [-0.2, -0.15) is 11.8 Å². The number of nitrogens with zero attached hydrogens (tertiary/aromatic N) is 1. The van der Waals surface area contributed by atoms with E-state index in [2.05, 4.69) is 16.7 Å². The van der Waals surface area contributed by atoms with Gasteiger partial charge in [-0.15, -0.1) is 0 Å². The minimum atomic E-state index is -0.299. The van der Waals surface area contributed by atoms with E-state index in [1.807, 2.05) is 25.9 Å². The zero-order valence-electron chi connectivity index (χ0n) is 11.4. The molecule has 0 saturated heterocycles. The smallest absolute Gasteiger partial charge is 0.138 e. The highest BCUT2D eigenvalue weighted by Gasteiger charge is 2.01. The van der Waals surface area contributed by atoms with Crippen LogP contribution in [0.4, 0.5) is 4.39 Å². The molecule has 1 aromatic carbocycles. The predicted octanol–water partition coefficient (Wildman–Crippen LogP) is 2.35. The fraction of sp³-hybridized carbons (Fsp3) is 0.467. The molecule has 0 fully saturated rings. The lowest BCUT2D eigenvalue weighted by atomic mass is 10.1. The van der Waals surface area contributed by atoms with Crippen molar-refractivity contribution in [2.45, 2.75) is 12.2 Å². The van der Waals surface area contributed by atoms with Crippen LogP contribution in [0.5, 0.6) is 0 Å². The Balaban J connectivity index is 2.56. The minimum Gasteiger partial charge on any atom is -0.395 e. The van der Waals surface area contributed by atoms with E-state index < -0.39 is 0 Å². The summed E-state index contributed by atoms with van der Waals surface area (Å²) in [6, 6.07) is 5.06. The van der Waals surface area contributed by atoms with E-state index in [0.717, 1.165) is 23.6 Å². The second kappa shape index (κ2) is 8.98. The molecule has 2 nitrogen and oxygen atoms in total. The van der Waals surface area contributed by atoms with Crippen molar-refractivity contribution in [1.82, 2.24) is 4.90 Å². The van der Waals surface area contributed by atoms with Gasteiger partial charge in [-0.25, -0.2) is 4.39 Å². The van der Waals surface area contributed by atoms with E-state index in [1.165, 1.54) is 6.07 Å². The van der Waals surface area contributed by atoms with E-state index in [-0.39, 0.29) is 12.4 Å². The zero-order valence-corrected chi connectivity index (χ0v) is 12.3. The maximum Gasteiger partial charge on any atom is 0.138 e.